The van der Waals surface area contributed by atoms with E-state index in [0.29, 0.717) is 17.7 Å². The summed E-state index contributed by atoms with van der Waals surface area (Å²) in [5, 5.41) is 13.0. The lowest BCUT2D eigenvalue weighted by Crippen LogP contribution is -2.37. The maximum Gasteiger partial charge on any atom is 0.241 e. The van der Waals surface area contributed by atoms with Crippen molar-refractivity contribution in [1.29, 1.82) is 0 Å². The van der Waals surface area contributed by atoms with Crippen LogP contribution in [0.4, 0.5) is 5.69 Å². The van der Waals surface area contributed by atoms with Crippen molar-refractivity contribution in [1.82, 2.24) is 4.98 Å². The summed E-state index contributed by atoms with van der Waals surface area (Å²) in [6.45, 7) is -0.0210. The summed E-state index contributed by atoms with van der Waals surface area (Å²) in [4.78, 5) is 28.4. The summed E-state index contributed by atoms with van der Waals surface area (Å²) in [5.74, 6) is -0.496. The largest absolute Gasteiger partial charge is 0.392 e. The fourth-order valence-electron chi connectivity index (χ4n) is 3.62. The number of nitrogens with one attached hydrogen (secondary N) is 2. The van der Waals surface area contributed by atoms with Crippen LogP contribution in [0.5, 0.6) is 0 Å². The van der Waals surface area contributed by atoms with E-state index in [2.05, 4.69) is 10.3 Å². The predicted octanol–water partition coefficient (Wildman–Crippen LogP) is 4.06. The molecule has 1 heterocycles. The quantitative estimate of drug-likeness (QED) is 0.245. The average molecular weight is 440 g/mol. The smallest absolute Gasteiger partial charge is 0.241 e. The molecule has 0 fully saturated rings. The molecule has 1 unspecified atom stereocenters. The Balaban J connectivity index is 1.39. The summed E-state index contributed by atoms with van der Waals surface area (Å²) < 4.78 is 0. The number of anilines is 1. The second-order valence-corrected chi connectivity index (χ2v) is 7.84. The van der Waals surface area contributed by atoms with Gasteiger partial charge in [-0.05, 0) is 47.4 Å². The summed E-state index contributed by atoms with van der Waals surface area (Å²) in [5.41, 5.74) is 10.8. The first-order valence-corrected chi connectivity index (χ1v) is 10.7. The third-order valence-electron chi connectivity index (χ3n) is 5.46. The van der Waals surface area contributed by atoms with E-state index in [-0.39, 0.29) is 18.3 Å². The van der Waals surface area contributed by atoms with Gasteiger partial charge in [-0.25, -0.2) is 0 Å². The molecule has 0 saturated carbocycles. The van der Waals surface area contributed by atoms with Gasteiger partial charge in [-0.15, -0.1) is 0 Å². The number of hydrogen-bond donors (Lipinski definition) is 4. The molecule has 0 bridgehead atoms. The number of aromatic amines is 1. The number of ketones is 1. The van der Waals surface area contributed by atoms with Gasteiger partial charge in [-0.2, -0.15) is 0 Å². The number of carbonyl (C=O) groups is 2. The number of para-hydroxylation sites is 1. The highest BCUT2D eigenvalue weighted by Crippen LogP contribution is 2.19. The third-order valence-corrected chi connectivity index (χ3v) is 5.46. The van der Waals surface area contributed by atoms with Crippen LogP contribution in [0.1, 0.15) is 27.0 Å². The van der Waals surface area contributed by atoms with Crippen LogP contribution in [-0.4, -0.2) is 27.8 Å². The number of allylic oxidation sites excluding steroid dienone is 1. The van der Waals surface area contributed by atoms with Gasteiger partial charge >= 0.3 is 0 Å². The van der Waals surface area contributed by atoms with E-state index >= 15 is 0 Å². The van der Waals surface area contributed by atoms with Crippen molar-refractivity contribution in [2.45, 2.75) is 19.1 Å². The van der Waals surface area contributed by atoms with Crippen molar-refractivity contribution in [3.8, 4) is 0 Å². The molecule has 166 valence electrons. The second-order valence-electron chi connectivity index (χ2n) is 7.84. The van der Waals surface area contributed by atoms with Crippen molar-refractivity contribution < 1.29 is 14.7 Å². The third kappa shape index (κ3) is 5.44. The predicted molar refractivity (Wildman–Crippen MR) is 131 cm³/mol. The Labute approximate surface area is 191 Å². The SMILES string of the molecule is NC(Cc1c[nH]c2ccccc12)C(=O)Nc1cccc(C(=O)/C=C/c2ccc(CO)cc2)c1. The van der Waals surface area contributed by atoms with Crippen molar-refractivity contribution in [3.05, 3.63) is 107 Å². The van der Waals surface area contributed by atoms with Crippen LogP contribution < -0.4 is 11.1 Å². The van der Waals surface area contributed by atoms with E-state index in [1.165, 1.54) is 6.08 Å². The fraction of sp³-hybridized carbons (Fsp3) is 0.111. The van der Waals surface area contributed by atoms with E-state index in [9.17, 15) is 9.59 Å². The van der Waals surface area contributed by atoms with Crippen LogP contribution in [0.2, 0.25) is 0 Å². The van der Waals surface area contributed by atoms with Gasteiger partial charge < -0.3 is 21.1 Å². The fourth-order valence-corrected chi connectivity index (χ4v) is 3.62. The number of H-pyrrole nitrogens is 1. The lowest BCUT2D eigenvalue weighted by Gasteiger charge is -2.12. The average Bonchev–Trinajstić information content (AvgIpc) is 3.25. The van der Waals surface area contributed by atoms with Crippen LogP contribution >= 0.6 is 0 Å². The van der Waals surface area contributed by atoms with Crippen molar-refractivity contribution >= 4 is 34.4 Å². The van der Waals surface area contributed by atoms with Gasteiger partial charge in [0.2, 0.25) is 5.91 Å². The van der Waals surface area contributed by atoms with Gasteiger partial charge in [0, 0.05) is 28.4 Å². The topological polar surface area (TPSA) is 108 Å². The van der Waals surface area contributed by atoms with Gasteiger partial charge in [-0.3, -0.25) is 9.59 Å². The molecule has 0 saturated heterocycles. The molecule has 4 rings (SSSR count). The molecule has 6 heteroatoms. The van der Waals surface area contributed by atoms with E-state index in [4.69, 9.17) is 10.8 Å². The number of aliphatic hydroxyl groups is 1. The first-order chi connectivity index (χ1) is 16.0. The molecular weight excluding hydrogens is 414 g/mol. The standard InChI is InChI=1S/C27H25N3O3/c28-24(15-21-16-29-25-7-2-1-6-23(21)25)27(33)30-22-5-3-4-20(14-22)26(32)13-12-18-8-10-19(17-31)11-9-18/h1-14,16,24,29,31H,15,17,28H2,(H,30,33)/b13-12+. The Bertz CT molecular complexity index is 1310. The minimum atomic E-state index is -0.731. The summed E-state index contributed by atoms with van der Waals surface area (Å²) in [6.07, 6.45) is 5.47. The second kappa shape index (κ2) is 10.1. The number of rotatable bonds is 8. The number of fused-ring (bicyclic) bond motifs is 1. The molecule has 3 aromatic carbocycles. The van der Waals surface area contributed by atoms with Gasteiger partial charge in [0.25, 0.3) is 0 Å². The van der Waals surface area contributed by atoms with Crippen molar-refractivity contribution in [2.75, 3.05) is 5.32 Å². The van der Waals surface area contributed by atoms with Crippen LogP contribution in [0, 0.1) is 0 Å². The highest BCUT2D eigenvalue weighted by atomic mass is 16.3. The normalized spacial score (nSPS) is 12.2. The maximum absolute atomic E-state index is 12.7. The lowest BCUT2D eigenvalue weighted by molar-refractivity contribution is -0.117. The molecule has 1 amide bonds. The minimum Gasteiger partial charge on any atom is -0.392 e. The van der Waals surface area contributed by atoms with Crippen LogP contribution in [0.15, 0.2) is 85.1 Å². The zero-order valence-corrected chi connectivity index (χ0v) is 18.0. The molecule has 4 aromatic rings. The summed E-state index contributed by atoms with van der Waals surface area (Å²) in [6, 6.07) is 21.2. The highest BCUT2D eigenvalue weighted by molar-refractivity contribution is 6.07. The van der Waals surface area contributed by atoms with E-state index in [1.807, 2.05) is 42.6 Å². The van der Waals surface area contributed by atoms with Crippen molar-refractivity contribution in [3.63, 3.8) is 0 Å². The number of aromatic nitrogens is 1. The van der Waals surface area contributed by atoms with Gasteiger partial charge in [0.15, 0.2) is 5.78 Å². The molecule has 1 aromatic heterocycles. The number of carbonyl (C=O) groups excluding carboxylic acids is 2. The Kier molecular flexibility index (Phi) is 6.78. The van der Waals surface area contributed by atoms with Gasteiger partial charge in [0.05, 0.1) is 12.6 Å². The summed E-state index contributed by atoms with van der Waals surface area (Å²) >= 11 is 0. The molecule has 0 spiro atoms. The molecule has 6 nitrogen and oxygen atoms in total. The van der Waals surface area contributed by atoms with E-state index in [1.54, 1.807) is 42.5 Å². The number of benzene rings is 3. The zero-order chi connectivity index (χ0) is 23.2. The Hall–Kier alpha value is -4.00. The molecule has 5 N–H and O–H groups in total. The maximum atomic E-state index is 12.7. The molecule has 0 aliphatic heterocycles. The van der Waals surface area contributed by atoms with Gasteiger partial charge in [-0.1, -0.05) is 60.7 Å². The number of amides is 1. The number of aliphatic hydroxyl groups excluding tert-OH is 1. The van der Waals surface area contributed by atoms with Crippen LogP contribution in [0.3, 0.4) is 0 Å². The molecule has 33 heavy (non-hydrogen) atoms. The number of hydrogen-bond acceptors (Lipinski definition) is 4. The molecule has 0 aliphatic rings. The molecule has 0 aliphatic carbocycles. The van der Waals surface area contributed by atoms with Gasteiger partial charge in [0.1, 0.15) is 0 Å². The molecular formula is C27H25N3O3. The highest BCUT2D eigenvalue weighted by Gasteiger charge is 2.17. The minimum absolute atomic E-state index is 0.0210. The molecule has 1 atom stereocenters. The van der Waals surface area contributed by atoms with Crippen LogP contribution in [-0.2, 0) is 17.8 Å². The molecule has 0 radical (unpaired) electrons. The first kappa shape index (κ1) is 22.2. The van der Waals surface area contributed by atoms with E-state index in [0.717, 1.165) is 27.6 Å². The van der Waals surface area contributed by atoms with Crippen molar-refractivity contribution in [2.24, 2.45) is 5.73 Å². The van der Waals surface area contributed by atoms with E-state index < -0.39 is 6.04 Å². The lowest BCUT2D eigenvalue weighted by atomic mass is 10.0. The summed E-state index contributed by atoms with van der Waals surface area (Å²) in [7, 11) is 0. The number of nitrogens with two attached hydrogens (primary N) is 1. The zero-order valence-electron chi connectivity index (χ0n) is 18.0. The Morgan fingerprint density at radius 3 is 2.61 bits per heavy atom. The van der Waals surface area contributed by atoms with Crippen LogP contribution in [0.25, 0.3) is 17.0 Å². The monoisotopic (exact) mass is 439 g/mol. The Morgan fingerprint density at radius 2 is 1.82 bits per heavy atom. The Morgan fingerprint density at radius 1 is 1.03 bits per heavy atom. The first-order valence-electron chi connectivity index (χ1n) is 10.7.